The zero-order valence-corrected chi connectivity index (χ0v) is 23.8. The van der Waals surface area contributed by atoms with Crippen molar-refractivity contribution >= 4 is 17.8 Å². The number of hydrogen-bond donors (Lipinski definition) is 3. The molecule has 1 saturated carbocycles. The fourth-order valence-electron chi connectivity index (χ4n) is 5.34. The first-order chi connectivity index (χ1) is 20.0. The predicted molar refractivity (Wildman–Crippen MR) is 160 cm³/mol. The standard InChI is InChI=1S/C34H41N3O4/c1-25(28-17-9-4-10-18-28)22-35-23-31(38)36-30(21-26-13-5-2-6-14-26)33(39)37-32(29-19-11-12-20-29)34(40)41-24-27-15-7-3-8-16-27/h2-10,13-18,25,29-30,32,35H,11-12,19-24H2,1H3,(H,36,38)(H,37,39)/t25-,30+,32+/m0/s1. The number of benzene rings is 3. The highest BCUT2D eigenvalue weighted by Crippen LogP contribution is 2.28. The van der Waals surface area contributed by atoms with E-state index in [2.05, 4.69) is 35.0 Å². The largest absolute Gasteiger partial charge is 0.459 e. The molecule has 3 aromatic rings. The Bertz CT molecular complexity index is 1230. The van der Waals surface area contributed by atoms with Crippen LogP contribution in [0.3, 0.4) is 0 Å². The van der Waals surface area contributed by atoms with E-state index < -0.39 is 18.1 Å². The fourth-order valence-corrected chi connectivity index (χ4v) is 5.34. The summed E-state index contributed by atoms with van der Waals surface area (Å²) in [6, 6.07) is 27.6. The van der Waals surface area contributed by atoms with Crippen molar-refractivity contribution in [1.29, 1.82) is 0 Å². The first kappa shape index (κ1) is 30.0. The zero-order chi connectivity index (χ0) is 28.9. The maximum atomic E-state index is 13.6. The molecule has 1 aliphatic rings. The van der Waals surface area contributed by atoms with E-state index in [4.69, 9.17) is 4.74 Å². The second-order valence-corrected chi connectivity index (χ2v) is 10.9. The van der Waals surface area contributed by atoms with E-state index in [1.54, 1.807) is 0 Å². The Kier molecular flexibility index (Phi) is 11.5. The molecular formula is C34H41N3O4. The SMILES string of the molecule is C[C@@H](CNCC(=O)N[C@H](Cc1ccccc1)C(=O)N[C@@H](C(=O)OCc1ccccc1)C1CCCC1)c1ccccc1. The van der Waals surface area contributed by atoms with Crippen LogP contribution in [0.2, 0.25) is 0 Å². The fraction of sp³-hybridized carbons (Fsp3) is 0.382. The molecule has 1 aliphatic carbocycles. The number of ether oxygens (including phenoxy) is 1. The normalized spacial score (nSPS) is 15.4. The monoisotopic (exact) mass is 555 g/mol. The van der Waals surface area contributed by atoms with Gasteiger partial charge in [0.1, 0.15) is 18.7 Å². The van der Waals surface area contributed by atoms with Crippen LogP contribution in [0.4, 0.5) is 0 Å². The molecule has 2 amide bonds. The van der Waals surface area contributed by atoms with Crippen LogP contribution < -0.4 is 16.0 Å². The Morgan fingerprint density at radius 3 is 2.02 bits per heavy atom. The average Bonchev–Trinajstić information content (AvgIpc) is 3.54. The summed E-state index contributed by atoms with van der Waals surface area (Å²) in [6.45, 7) is 2.97. The van der Waals surface area contributed by atoms with Gasteiger partial charge >= 0.3 is 5.97 Å². The number of nitrogens with one attached hydrogen (secondary N) is 3. The van der Waals surface area contributed by atoms with Crippen molar-refractivity contribution in [2.75, 3.05) is 13.1 Å². The lowest BCUT2D eigenvalue weighted by Gasteiger charge is -2.26. The van der Waals surface area contributed by atoms with Crippen LogP contribution in [0.5, 0.6) is 0 Å². The number of hydrogen-bond acceptors (Lipinski definition) is 5. The molecule has 0 bridgehead atoms. The zero-order valence-electron chi connectivity index (χ0n) is 23.8. The van der Waals surface area contributed by atoms with Crippen molar-refractivity contribution in [3.8, 4) is 0 Å². The van der Waals surface area contributed by atoms with Gasteiger partial charge in [0, 0.05) is 13.0 Å². The van der Waals surface area contributed by atoms with E-state index in [9.17, 15) is 14.4 Å². The van der Waals surface area contributed by atoms with E-state index in [-0.39, 0.29) is 36.8 Å². The lowest BCUT2D eigenvalue weighted by atomic mass is 9.97. The molecule has 7 nitrogen and oxygen atoms in total. The molecule has 0 heterocycles. The first-order valence-corrected chi connectivity index (χ1v) is 14.6. The third-order valence-electron chi connectivity index (χ3n) is 7.69. The molecule has 0 spiro atoms. The quantitative estimate of drug-likeness (QED) is 0.254. The Balaban J connectivity index is 1.39. The highest BCUT2D eigenvalue weighted by molar-refractivity contribution is 5.91. The van der Waals surface area contributed by atoms with E-state index in [1.807, 2.05) is 78.9 Å². The van der Waals surface area contributed by atoms with Gasteiger partial charge in [-0.1, -0.05) is 111 Å². The minimum atomic E-state index is -0.830. The summed E-state index contributed by atoms with van der Waals surface area (Å²) in [4.78, 5) is 39.8. The molecule has 0 aromatic heterocycles. The molecule has 0 radical (unpaired) electrons. The minimum Gasteiger partial charge on any atom is -0.459 e. The molecule has 0 aliphatic heterocycles. The molecule has 41 heavy (non-hydrogen) atoms. The third kappa shape index (κ3) is 9.57. The lowest BCUT2D eigenvalue weighted by molar-refractivity contribution is -0.151. The summed E-state index contributed by atoms with van der Waals surface area (Å²) < 4.78 is 5.64. The van der Waals surface area contributed by atoms with Crippen molar-refractivity contribution in [1.82, 2.24) is 16.0 Å². The molecule has 216 valence electrons. The van der Waals surface area contributed by atoms with Crippen LogP contribution in [-0.2, 0) is 32.1 Å². The number of carbonyl (C=O) groups excluding carboxylic acids is 3. The van der Waals surface area contributed by atoms with Gasteiger partial charge in [-0.2, -0.15) is 0 Å². The molecule has 3 atom stereocenters. The van der Waals surface area contributed by atoms with Crippen molar-refractivity contribution in [3.63, 3.8) is 0 Å². The second-order valence-electron chi connectivity index (χ2n) is 10.9. The van der Waals surface area contributed by atoms with Gasteiger partial charge < -0.3 is 20.7 Å². The molecule has 0 unspecified atom stereocenters. The molecule has 3 N–H and O–H groups in total. The topological polar surface area (TPSA) is 96.5 Å². The van der Waals surface area contributed by atoms with Crippen molar-refractivity contribution in [3.05, 3.63) is 108 Å². The van der Waals surface area contributed by atoms with Gasteiger partial charge in [0.2, 0.25) is 11.8 Å². The number of amides is 2. The van der Waals surface area contributed by atoms with Crippen LogP contribution in [0.25, 0.3) is 0 Å². The maximum absolute atomic E-state index is 13.6. The van der Waals surface area contributed by atoms with Crippen LogP contribution in [0, 0.1) is 5.92 Å². The van der Waals surface area contributed by atoms with Gasteiger partial charge in [0.15, 0.2) is 0 Å². The van der Waals surface area contributed by atoms with Gasteiger partial charge in [0.25, 0.3) is 0 Å². The summed E-state index contributed by atoms with van der Waals surface area (Å²) in [5.74, 6) is -0.841. The summed E-state index contributed by atoms with van der Waals surface area (Å²) in [6.07, 6.45) is 4.05. The van der Waals surface area contributed by atoms with E-state index in [0.29, 0.717) is 13.0 Å². The maximum Gasteiger partial charge on any atom is 0.329 e. The average molecular weight is 556 g/mol. The molecule has 0 saturated heterocycles. The van der Waals surface area contributed by atoms with Crippen LogP contribution in [0.15, 0.2) is 91.0 Å². The van der Waals surface area contributed by atoms with E-state index >= 15 is 0 Å². The minimum absolute atomic E-state index is 0.0106. The summed E-state index contributed by atoms with van der Waals surface area (Å²) >= 11 is 0. The van der Waals surface area contributed by atoms with Crippen molar-refractivity contribution in [2.24, 2.45) is 5.92 Å². The van der Waals surface area contributed by atoms with Crippen LogP contribution in [0.1, 0.15) is 55.2 Å². The lowest BCUT2D eigenvalue weighted by Crippen LogP contribution is -2.55. The molecular weight excluding hydrogens is 514 g/mol. The van der Waals surface area contributed by atoms with Gasteiger partial charge in [0.05, 0.1) is 6.54 Å². The predicted octanol–water partition coefficient (Wildman–Crippen LogP) is 4.53. The van der Waals surface area contributed by atoms with Gasteiger partial charge in [-0.05, 0) is 41.4 Å². The Morgan fingerprint density at radius 1 is 0.805 bits per heavy atom. The van der Waals surface area contributed by atoms with Crippen molar-refractivity contribution < 1.29 is 19.1 Å². The number of carbonyl (C=O) groups is 3. The van der Waals surface area contributed by atoms with Crippen molar-refractivity contribution in [2.45, 2.75) is 63.6 Å². The molecule has 7 heteroatoms. The molecule has 4 rings (SSSR count). The molecule has 1 fully saturated rings. The summed E-state index contributed by atoms with van der Waals surface area (Å²) in [5, 5.41) is 9.08. The van der Waals surface area contributed by atoms with E-state index in [0.717, 1.165) is 36.8 Å². The highest BCUT2D eigenvalue weighted by Gasteiger charge is 2.35. The van der Waals surface area contributed by atoms with Gasteiger partial charge in [-0.25, -0.2) is 4.79 Å². The number of rotatable bonds is 14. The Labute approximate surface area is 243 Å². The second kappa shape index (κ2) is 15.7. The summed E-state index contributed by atoms with van der Waals surface area (Å²) in [7, 11) is 0. The first-order valence-electron chi connectivity index (χ1n) is 14.6. The van der Waals surface area contributed by atoms with E-state index in [1.165, 1.54) is 5.56 Å². The number of esters is 1. The smallest absolute Gasteiger partial charge is 0.329 e. The Hall–Kier alpha value is -3.97. The van der Waals surface area contributed by atoms with Gasteiger partial charge in [-0.15, -0.1) is 0 Å². The van der Waals surface area contributed by atoms with Crippen LogP contribution in [-0.4, -0.2) is 43.0 Å². The Morgan fingerprint density at radius 2 is 1.39 bits per heavy atom. The highest BCUT2D eigenvalue weighted by atomic mass is 16.5. The third-order valence-corrected chi connectivity index (χ3v) is 7.69. The summed E-state index contributed by atoms with van der Waals surface area (Å²) in [5.41, 5.74) is 3.00. The molecule has 3 aromatic carbocycles. The van der Waals surface area contributed by atoms with Gasteiger partial charge in [-0.3, -0.25) is 9.59 Å². The van der Waals surface area contributed by atoms with Crippen LogP contribution >= 0.6 is 0 Å².